The number of anilines is 1. The molecular formula is C13H16ClN3O. The minimum atomic E-state index is 0.378. The van der Waals surface area contributed by atoms with Crippen LogP contribution in [-0.4, -0.2) is 31.8 Å². The minimum Gasteiger partial charge on any atom is -0.384 e. The summed E-state index contributed by atoms with van der Waals surface area (Å²) in [6, 6.07) is 5.49. The van der Waals surface area contributed by atoms with Crippen LogP contribution < -0.4 is 4.90 Å². The number of methoxy groups -OCH3 is 1. The first-order chi connectivity index (χ1) is 8.72. The Morgan fingerprint density at radius 1 is 1.50 bits per heavy atom. The summed E-state index contributed by atoms with van der Waals surface area (Å²) in [4.78, 5) is 6.46. The molecular weight excluding hydrogens is 250 g/mol. The van der Waals surface area contributed by atoms with Gasteiger partial charge in [0.1, 0.15) is 11.0 Å². The maximum atomic E-state index is 8.93. The van der Waals surface area contributed by atoms with Gasteiger partial charge < -0.3 is 9.64 Å². The van der Waals surface area contributed by atoms with Crippen LogP contribution in [0, 0.1) is 17.2 Å². The Kier molecular flexibility index (Phi) is 4.40. The molecule has 0 unspecified atom stereocenters. The summed E-state index contributed by atoms with van der Waals surface area (Å²) in [6.45, 7) is 2.69. The van der Waals surface area contributed by atoms with Gasteiger partial charge in [0.05, 0.1) is 11.6 Å². The monoisotopic (exact) mass is 265 g/mol. The number of nitriles is 1. The fourth-order valence-electron chi connectivity index (χ4n) is 2.27. The maximum Gasteiger partial charge on any atom is 0.132 e. The number of hydrogen-bond acceptors (Lipinski definition) is 4. The van der Waals surface area contributed by atoms with E-state index >= 15 is 0 Å². The van der Waals surface area contributed by atoms with Crippen molar-refractivity contribution in [3.05, 3.63) is 22.8 Å². The molecule has 0 aliphatic carbocycles. The Bertz CT molecular complexity index is 450. The van der Waals surface area contributed by atoms with Gasteiger partial charge in [-0.25, -0.2) is 4.98 Å². The molecule has 2 rings (SSSR count). The second-order valence-corrected chi connectivity index (χ2v) is 4.92. The van der Waals surface area contributed by atoms with Gasteiger partial charge in [0, 0.05) is 26.8 Å². The molecule has 1 aliphatic heterocycles. The van der Waals surface area contributed by atoms with Crippen LogP contribution in [0.15, 0.2) is 12.1 Å². The van der Waals surface area contributed by atoms with E-state index in [1.54, 1.807) is 19.2 Å². The lowest BCUT2D eigenvalue weighted by atomic mass is 9.98. The molecule has 0 bridgehead atoms. The van der Waals surface area contributed by atoms with Crippen molar-refractivity contribution in [2.45, 2.75) is 12.8 Å². The highest BCUT2D eigenvalue weighted by Gasteiger charge is 2.20. The van der Waals surface area contributed by atoms with E-state index in [1.807, 2.05) is 0 Å². The van der Waals surface area contributed by atoms with Crippen LogP contribution in [0.4, 0.5) is 5.82 Å². The molecule has 0 atom stereocenters. The summed E-state index contributed by atoms with van der Waals surface area (Å²) in [6.07, 6.45) is 2.17. The average Bonchev–Trinajstić information content (AvgIpc) is 2.39. The Morgan fingerprint density at radius 2 is 2.22 bits per heavy atom. The molecule has 0 amide bonds. The second-order valence-electron chi connectivity index (χ2n) is 4.53. The Hall–Kier alpha value is -1.31. The van der Waals surface area contributed by atoms with Gasteiger partial charge in [-0.2, -0.15) is 5.26 Å². The van der Waals surface area contributed by atoms with Crippen molar-refractivity contribution in [3.63, 3.8) is 0 Å². The van der Waals surface area contributed by atoms with E-state index in [-0.39, 0.29) is 0 Å². The normalized spacial score (nSPS) is 16.6. The second kappa shape index (κ2) is 6.03. The highest BCUT2D eigenvalue weighted by atomic mass is 35.5. The highest BCUT2D eigenvalue weighted by molar-refractivity contribution is 6.29. The lowest BCUT2D eigenvalue weighted by Gasteiger charge is -2.32. The van der Waals surface area contributed by atoms with Gasteiger partial charge in [0.2, 0.25) is 0 Å². The summed E-state index contributed by atoms with van der Waals surface area (Å²) in [5.41, 5.74) is 0.559. The lowest BCUT2D eigenvalue weighted by Crippen LogP contribution is -2.35. The van der Waals surface area contributed by atoms with E-state index in [9.17, 15) is 0 Å². The highest BCUT2D eigenvalue weighted by Crippen LogP contribution is 2.24. The smallest absolute Gasteiger partial charge is 0.132 e. The van der Waals surface area contributed by atoms with Crippen LogP contribution in [-0.2, 0) is 4.74 Å². The van der Waals surface area contributed by atoms with Crippen molar-refractivity contribution in [1.29, 1.82) is 5.26 Å². The molecule has 0 N–H and O–H groups in total. The van der Waals surface area contributed by atoms with Gasteiger partial charge in [-0.3, -0.25) is 0 Å². The molecule has 18 heavy (non-hydrogen) atoms. The van der Waals surface area contributed by atoms with Gasteiger partial charge in [-0.1, -0.05) is 11.6 Å². The molecule has 1 aromatic rings. The third-order valence-electron chi connectivity index (χ3n) is 3.25. The summed E-state index contributed by atoms with van der Waals surface area (Å²) < 4.78 is 5.18. The van der Waals surface area contributed by atoms with E-state index < -0.39 is 0 Å². The van der Waals surface area contributed by atoms with Crippen molar-refractivity contribution in [3.8, 4) is 6.07 Å². The SMILES string of the molecule is COCC1CCN(c2cc(C#N)cc(Cl)n2)CC1. The van der Waals surface area contributed by atoms with E-state index in [4.69, 9.17) is 21.6 Å². The molecule has 4 nitrogen and oxygen atoms in total. The molecule has 1 saturated heterocycles. The number of hydrogen-bond donors (Lipinski definition) is 0. The molecule has 1 aromatic heterocycles. The lowest BCUT2D eigenvalue weighted by molar-refractivity contribution is 0.139. The Morgan fingerprint density at radius 3 is 2.83 bits per heavy atom. The Labute approximate surface area is 112 Å². The minimum absolute atomic E-state index is 0.378. The molecule has 2 heterocycles. The number of pyridine rings is 1. The fraction of sp³-hybridized carbons (Fsp3) is 0.538. The first-order valence-corrected chi connectivity index (χ1v) is 6.42. The van der Waals surface area contributed by atoms with Gasteiger partial charge >= 0.3 is 0 Å². The summed E-state index contributed by atoms with van der Waals surface area (Å²) in [5.74, 6) is 1.43. The molecule has 1 fully saturated rings. The Balaban J connectivity index is 2.05. The number of aromatic nitrogens is 1. The number of rotatable bonds is 3. The summed E-state index contributed by atoms with van der Waals surface area (Å²) in [7, 11) is 1.74. The van der Waals surface area contributed by atoms with Crippen LogP contribution in [0.3, 0.4) is 0 Å². The number of nitrogens with zero attached hydrogens (tertiary/aromatic N) is 3. The number of halogens is 1. The molecule has 0 radical (unpaired) electrons. The topological polar surface area (TPSA) is 49.1 Å². The zero-order valence-electron chi connectivity index (χ0n) is 10.4. The van der Waals surface area contributed by atoms with E-state index in [1.165, 1.54) is 0 Å². The van der Waals surface area contributed by atoms with Crippen molar-refractivity contribution in [2.75, 3.05) is 31.7 Å². The fourth-order valence-corrected chi connectivity index (χ4v) is 2.48. The quantitative estimate of drug-likeness (QED) is 0.788. The average molecular weight is 266 g/mol. The molecule has 96 valence electrons. The molecule has 5 heteroatoms. The summed E-state index contributed by atoms with van der Waals surface area (Å²) >= 11 is 5.92. The van der Waals surface area contributed by atoms with Crippen molar-refractivity contribution < 1.29 is 4.74 Å². The molecule has 1 aliphatic rings. The van der Waals surface area contributed by atoms with Crippen LogP contribution in [0.5, 0.6) is 0 Å². The van der Waals surface area contributed by atoms with E-state index in [0.717, 1.165) is 38.4 Å². The van der Waals surface area contributed by atoms with Crippen LogP contribution in [0.2, 0.25) is 5.15 Å². The van der Waals surface area contributed by atoms with Crippen molar-refractivity contribution >= 4 is 17.4 Å². The first-order valence-electron chi connectivity index (χ1n) is 6.04. The van der Waals surface area contributed by atoms with E-state index in [0.29, 0.717) is 16.6 Å². The largest absolute Gasteiger partial charge is 0.384 e. The predicted octanol–water partition coefficient (Wildman–Crippen LogP) is 2.47. The van der Waals surface area contributed by atoms with Crippen LogP contribution in [0.1, 0.15) is 18.4 Å². The van der Waals surface area contributed by atoms with Gasteiger partial charge in [-0.05, 0) is 30.9 Å². The van der Waals surface area contributed by atoms with E-state index in [2.05, 4.69) is 16.0 Å². The van der Waals surface area contributed by atoms with Crippen molar-refractivity contribution in [2.24, 2.45) is 5.92 Å². The first kappa shape index (κ1) is 13.1. The maximum absolute atomic E-state index is 8.93. The van der Waals surface area contributed by atoms with Crippen LogP contribution >= 0.6 is 11.6 Å². The van der Waals surface area contributed by atoms with Gasteiger partial charge in [0.25, 0.3) is 0 Å². The third-order valence-corrected chi connectivity index (χ3v) is 3.44. The third kappa shape index (κ3) is 3.12. The number of ether oxygens (including phenoxy) is 1. The zero-order valence-corrected chi connectivity index (χ0v) is 11.2. The van der Waals surface area contributed by atoms with Gasteiger partial charge in [-0.15, -0.1) is 0 Å². The molecule has 0 spiro atoms. The number of piperidine rings is 1. The van der Waals surface area contributed by atoms with Crippen molar-refractivity contribution in [1.82, 2.24) is 4.98 Å². The molecule has 0 saturated carbocycles. The summed E-state index contributed by atoms with van der Waals surface area (Å²) in [5, 5.41) is 9.30. The molecule has 0 aromatic carbocycles. The van der Waals surface area contributed by atoms with Crippen LogP contribution in [0.25, 0.3) is 0 Å². The zero-order chi connectivity index (χ0) is 13.0. The standard InChI is InChI=1S/C13H16ClN3O/c1-18-9-10-2-4-17(5-3-10)13-7-11(8-15)6-12(14)16-13/h6-7,10H,2-5,9H2,1H3. The predicted molar refractivity (Wildman–Crippen MR) is 70.8 cm³/mol. The van der Waals surface area contributed by atoms with Gasteiger partial charge in [0.15, 0.2) is 0 Å².